The van der Waals surface area contributed by atoms with Crippen molar-refractivity contribution in [1.29, 1.82) is 0 Å². The van der Waals surface area contributed by atoms with Crippen LogP contribution < -0.4 is 0 Å². The summed E-state index contributed by atoms with van der Waals surface area (Å²) in [6, 6.07) is 16.4. The maximum absolute atomic E-state index is 8.80. The summed E-state index contributed by atoms with van der Waals surface area (Å²) in [5, 5.41) is 3.15. The molecule has 126 valence electrons. The van der Waals surface area contributed by atoms with Crippen LogP contribution in [0.4, 0.5) is 0 Å². The van der Waals surface area contributed by atoms with Gasteiger partial charge in [-0.25, -0.2) is 0 Å². The van der Waals surface area contributed by atoms with Gasteiger partial charge in [-0.2, -0.15) is 0 Å². The van der Waals surface area contributed by atoms with E-state index in [-0.39, 0.29) is 12.1 Å². The standard InChI is InChI=1S/C23H23NS/c1-2-8-18(9-3-1)20-14-15-22(24-16-20)21-12-5-4-10-19-11-6-7-13-23(19)25-17-21/h4-7,10-18H,1-3,8-9H2/i14D,15D,18D. The quantitative estimate of drug-likeness (QED) is 0.480. The lowest BCUT2D eigenvalue weighted by Crippen LogP contribution is -2.04. The van der Waals surface area contributed by atoms with E-state index in [9.17, 15) is 0 Å². The molecule has 0 N–H and O–H groups in total. The number of rotatable bonds is 2. The van der Waals surface area contributed by atoms with Crippen molar-refractivity contribution in [1.82, 2.24) is 4.98 Å². The third-order valence-electron chi connectivity index (χ3n) is 4.64. The molecule has 25 heavy (non-hydrogen) atoms. The van der Waals surface area contributed by atoms with Crippen molar-refractivity contribution in [3.05, 3.63) is 77.8 Å². The Kier molecular flexibility index (Phi) is 4.08. The highest BCUT2D eigenvalue weighted by Crippen LogP contribution is 2.32. The number of fused-ring (bicyclic) bond motifs is 1. The summed E-state index contributed by atoms with van der Waals surface area (Å²) < 4.78 is 27.1. The molecule has 2 heterocycles. The molecule has 3 aromatic rings. The predicted molar refractivity (Wildman–Crippen MR) is 109 cm³/mol. The van der Waals surface area contributed by atoms with Crippen LogP contribution in [0.2, 0.25) is 0 Å². The third kappa shape index (κ3) is 3.91. The zero-order valence-electron chi connectivity index (χ0n) is 17.2. The molecule has 0 radical (unpaired) electrons. The summed E-state index contributed by atoms with van der Waals surface area (Å²) in [5.41, 5.74) is 1.93. The van der Waals surface area contributed by atoms with Crippen LogP contribution in [0.5, 0.6) is 0 Å². The summed E-state index contributed by atoms with van der Waals surface area (Å²) in [7, 11) is 0. The molecule has 0 unspecified atom stereocenters. The van der Waals surface area contributed by atoms with Gasteiger partial charge in [0.05, 0.1) is 8.44 Å². The van der Waals surface area contributed by atoms with Crippen LogP contribution in [0, 0.1) is 0 Å². The second kappa shape index (κ2) is 7.79. The first-order valence-corrected chi connectivity index (χ1v) is 9.74. The van der Waals surface area contributed by atoms with E-state index in [4.69, 9.17) is 4.11 Å². The topological polar surface area (TPSA) is 12.9 Å². The van der Waals surface area contributed by atoms with Crippen LogP contribution in [0.3, 0.4) is 0 Å². The van der Waals surface area contributed by atoms with E-state index in [1.807, 2.05) is 35.7 Å². The van der Waals surface area contributed by atoms with Crippen LogP contribution in [-0.2, 0) is 0 Å². The molecular weight excluding hydrogens is 322 g/mol. The van der Waals surface area contributed by atoms with Crippen molar-refractivity contribution in [2.45, 2.75) is 38.0 Å². The zero-order chi connectivity index (χ0) is 19.6. The molecule has 0 amide bonds. The van der Waals surface area contributed by atoms with Crippen molar-refractivity contribution in [3.63, 3.8) is 0 Å². The molecule has 1 saturated carbocycles. The predicted octanol–water partition coefficient (Wildman–Crippen LogP) is 7.14. The summed E-state index contributed by atoms with van der Waals surface area (Å²) in [6.07, 6.45) is 6.34. The summed E-state index contributed by atoms with van der Waals surface area (Å²) >= 11 is 1.60. The normalized spacial score (nSPS) is 18.0. The SMILES string of the molecule is [2H]c1c(C2([2H])CCCCC2)cnc(-c2ccccc3ccccc3sc2)c1[2H]. The Bertz CT molecular complexity index is 1050. The van der Waals surface area contributed by atoms with E-state index in [2.05, 4.69) is 23.2 Å². The minimum Gasteiger partial charge on any atom is -0.256 e. The van der Waals surface area contributed by atoms with Crippen molar-refractivity contribution in [2.24, 2.45) is 0 Å². The van der Waals surface area contributed by atoms with E-state index in [1.165, 1.54) is 0 Å². The molecule has 4 rings (SSSR count). The third-order valence-corrected chi connectivity index (χ3v) is 5.64. The van der Waals surface area contributed by atoms with E-state index in [0.717, 1.165) is 47.8 Å². The number of hydrogen-bond acceptors (Lipinski definition) is 2. The van der Waals surface area contributed by atoms with E-state index in [1.54, 1.807) is 17.5 Å². The highest BCUT2D eigenvalue weighted by Gasteiger charge is 2.15. The minimum atomic E-state index is -0.768. The molecular formula is C23H23NS. The molecule has 0 aliphatic heterocycles. The van der Waals surface area contributed by atoms with Crippen molar-refractivity contribution in [2.75, 3.05) is 0 Å². The molecule has 1 aromatic carbocycles. The monoisotopic (exact) mass is 348 g/mol. The van der Waals surface area contributed by atoms with Gasteiger partial charge in [-0.15, -0.1) is 11.3 Å². The van der Waals surface area contributed by atoms with Crippen LogP contribution in [0.25, 0.3) is 21.3 Å². The summed E-state index contributed by atoms with van der Waals surface area (Å²) in [5.74, 6) is -0.768. The van der Waals surface area contributed by atoms with Crippen LogP contribution in [0.15, 0.2) is 72.2 Å². The van der Waals surface area contributed by atoms with Gasteiger partial charge < -0.3 is 0 Å². The zero-order valence-corrected chi connectivity index (χ0v) is 15.0. The molecule has 2 heteroatoms. The Morgan fingerprint density at radius 1 is 0.960 bits per heavy atom. The van der Waals surface area contributed by atoms with E-state index >= 15 is 0 Å². The van der Waals surface area contributed by atoms with Gasteiger partial charge in [-0.3, -0.25) is 4.98 Å². The molecule has 1 fully saturated rings. The lowest BCUT2D eigenvalue weighted by atomic mass is 9.85. The first-order chi connectivity index (χ1) is 13.6. The van der Waals surface area contributed by atoms with Gasteiger partial charge in [-0.1, -0.05) is 67.8 Å². The second-order valence-corrected chi connectivity index (χ2v) is 7.29. The first-order valence-electron chi connectivity index (χ1n) is 10.4. The van der Waals surface area contributed by atoms with Crippen LogP contribution in [-0.4, -0.2) is 4.98 Å². The van der Waals surface area contributed by atoms with Crippen molar-refractivity contribution in [3.8, 4) is 11.3 Å². The minimum absolute atomic E-state index is 0.114. The number of aromatic nitrogens is 1. The maximum atomic E-state index is 8.80. The molecule has 1 aliphatic carbocycles. The van der Waals surface area contributed by atoms with Gasteiger partial charge in [0, 0.05) is 23.2 Å². The second-order valence-electron chi connectivity index (χ2n) is 6.38. The Balaban J connectivity index is 1.82. The van der Waals surface area contributed by atoms with Crippen molar-refractivity contribution >= 4 is 21.4 Å². The number of pyridine rings is 1. The Morgan fingerprint density at radius 3 is 2.56 bits per heavy atom. The fourth-order valence-electron chi connectivity index (χ4n) is 3.24. The lowest BCUT2D eigenvalue weighted by molar-refractivity contribution is 0.443. The van der Waals surface area contributed by atoms with E-state index in [0.29, 0.717) is 11.3 Å². The van der Waals surface area contributed by atoms with Gasteiger partial charge in [0.1, 0.15) is 0 Å². The molecule has 1 nitrogen and oxygen atoms in total. The highest BCUT2D eigenvalue weighted by molar-refractivity contribution is 7.16. The fourth-order valence-corrected chi connectivity index (χ4v) is 4.11. The summed E-state index contributed by atoms with van der Waals surface area (Å²) in [6.45, 7) is 0. The molecule has 0 spiro atoms. The Morgan fingerprint density at radius 2 is 1.72 bits per heavy atom. The molecule has 0 bridgehead atoms. The number of nitrogens with zero attached hydrogens (tertiary/aromatic N) is 1. The Labute approximate surface area is 157 Å². The fraction of sp³-hybridized carbons (Fsp3) is 0.261. The van der Waals surface area contributed by atoms with Gasteiger partial charge in [0.2, 0.25) is 0 Å². The maximum Gasteiger partial charge on any atom is 0.0710 e. The van der Waals surface area contributed by atoms with Crippen LogP contribution >= 0.6 is 11.3 Å². The molecule has 0 saturated heterocycles. The van der Waals surface area contributed by atoms with Gasteiger partial charge in [0.15, 0.2) is 0 Å². The number of hydrogen-bond donors (Lipinski definition) is 0. The molecule has 2 aromatic heterocycles. The average molecular weight is 349 g/mol. The molecule has 0 atom stereocenters. The van der Waals surface area contributed by atoms with E-state index < -0.39 is 5.89 Å². The highest BCUT2D eigenvalue weighted by atomic mass is 32.1. The van der Waals surface area contributed by atoms with Gasteiger partial charge in [0.25, 0.3) is 0 Å². The van der Waals surface area contributed by atoms with Crippen LogP contribution in [0.1, 0.15) is 47.7 Å². The smallest absolute Gasteiger partial charge is 0.0710 e. The largest absolute Gasteiger partial charge is 0.256 e. The van der Waals surface area contributed by atoms with Gasteiger partial charge >= 0.3 is 0 Å². The molecule has 1 aliphatic rings. The Hall–Kier alpha value is -2.19. The number of benzene rings is 1. The van der Waals surface area contributed by atoms with Crippen molar-refractivity contribution < 1.29 is 4.11 Å². The average Bonchev–Trinajstić information content (AvgIpc) is 2.81. The summed E-state index contributed by atoms with van der Waals surface area (Å²) in [4.78, 5) is 4.56. The van der Waals surface area contributed by atoms with Gasteiger partial charge in [-0.05, 0) is 41.8 Å². The lowest BCUT2D eigenvalue weighted by Gasteiger charge is -2.21. The first kappa shape index (κ1) is 13.1.